The van der Waals surface area contributed by atoms with Gasteiger partial charge in [-0.15, -0.1) is 0 Å². The van der Waals surface area contributed by atoms with E-state index in [4.69, 9.17) is 13.9 Å². The Morgan fingerprint density at radius 2 is 2.22 bits per heavy atom. The van der Waals surface area contributed by atoms with Gasteiger partial charge < -0.3 is 19.3 Å². The van der Waals surface area contributed by atoms with E-state index in [1.165, 1.54) is 6.26 Å². The van der Waals surface area contributed by atoms with Crippen LogP contribution in [0.2, 0.25) is 0 Å². The Morgan fingerprint density at radius 1 is 1.39 bits per heavy atom. The van der Waals surface area contributed by atoms with Gasteiger partial charge in [0, 0.05) is 24.6 Å². The highest BCUT2D eigenvalue weighted by atomic mass is 16.4. The topological polar surface area (TPSA) is 75.6 Å². The Labute approximate surface area is 104 Å². The first-order valence-electron chi connectivity index (χ1n) is 5.72. The van der Waals surface area contributed by atoms with Crippen molar-refractivity contribution in [3.05, 3.63) is 47.8 Å². The third kappa shape index (κ3) is 3.01. The highest BCUT2D eigenvalue weighted by Gasteiger charge is 2.14. The van der Waals surface area contributed by atoms with Crippen LogP contribution in [0.3, 0.4) is 0 Å². The molecule has 18 heavy (non-hydrogen) atoms. The van der Waals surface area contributed by atoms with Crippen LogP contribution in [0.5, 0.6) is 0 Å². The van der Waals surface area contributed by atoms with Crippen LogP contribution in [-0.2, 0) is 13.0 Å². The molecular formula is C13H15NO4. The highest BCUT2D eigenvalue weighted by Crippen LogP contribution is 2.11. The van der Waals surface area contributed by atoms with E-state index in [2.05, 4.69) is 5.32 Å². The zero-order valence-corrected chi connectivity index (χ0v) is 10.1. The first-order valence-corrected chi connectivity index (χ1v) is 5.72. The first kappa shape index (κ1) is 12.4. The summed E-state index contributed by atoms with van der Waals surface area (Å²) in [5.74, 6) is -0.149. The smallest absolute Gasteiger partial charge is 0.372 e. The van der Waals surface area contributed by atoms with Crippen molar-refractivity contribution in [1.29, 1.82) is 0 Å². The van der Waals surface area contributed by atoms with Gasteiger partial charge in [-0.3, -0.25) is 0 Å². The molecule has 0 radical (unpaired) electrons. The van der Waals surface area contributed by atoms with Crippen molar-refractivity contribution >= 4 is 5.97 Å². The number of furan rings is 2. The van der Waals surface area contributed by atoms with Crippen molar-refractivity contribution in [1.82, 2.24) is 5.32 Å². The van der Waals surface area contributed by atoms with Gasteiger partial charge in [-0.1, -0.05) is 0 Å². The molecule has 0 bridgehead atoms. The van der Waals surface area contributed by atoms with Gasteiger partial charge in [-0.05, 0) is 25.1 Å². The highest BCUT2D eigenvalue weighted by molar-refractivity contribution is 5.86. The molecule has 2 rings (SSSR count). The van der Waals surface area contributed by atoms with Crippen molar-refractivity contribution in [2.24, 2.45) is 0 Å². The molecule has 5 heteroatoms. The molecule has 0 spiro atoms. The zero-order valence-electron chi connectivity index (χ0n) is 10.1. The molecule has 2 heterocycles. The molecule has 0 fully saturated rings. The lowest BCUT2D eigenvalue weighted by molar-refractivity contribution is 0.0660. The molecule has 1 atom stereocenters. The molecule has 2 aromatic heterocycles. The minimum Gasteiger partial charge on any atom is -0.475 e. The SMILES string of the molecule is CC(Cc1ccco1)NCc1ccoc1C(=O)O. The molecule has 0 aliphatic carbocycles. The lowest BCUT2D eigenvalue weighted by Gasteiger charge is -2.11. The summed E-state index contributed by atoms with van der Waals surface area (Å²) in [4.78, 5) is 10.8. The van der Waals surface area contributed by atoms with Gasteiger partial charge in [-0.25, -0.2) is 4.79 Å². The molecular weight excluding hydrogens is 234 g/mol. The number of nitrogens with one attached hydrogen (secondary N) is 1. The number of aromatic carboxylic acids is 1. The Hall–Kier alpha value is -2.01. The van der Waals surface area contributed by atoms with E-state index in [0.29, 0.717) is 12.1 Å². The van der Waals surface area contributed by atoms with Gasteiger partial charge in [0.25, 0.3) is 0 Å². The standard InChI is InChI=1S/C13H15NO4/c1-9(7-11-3-2-5-17-11)14-8-10-4-6-18-12(10)13(15)16/h2-6,9,14H,7-8H2,1H3,(H,15,16). The van der Waals surface area contributed by atoms with Crippen molar-refractivity contribution in [3.8, 4) is 0 Å². The number of carboxylic acids is 1. The summed E-state index contributed by atoms with van der Waals surface area (Å²) >= 11 is 0. The van der Waals surface area contributed by atoms with Crippen LogP contribution in [0.4, 0.5) is 0 Å². The van der Waals surface area contributed by atoms with Crippen LogP contribution in [-0.4, -0.2) is 17.1 Å². The van der Waals surface area contributed by atoms with Crippen molar-refractivity contribution < 1.29 is 18.7 Å². The van der Waals surface area contributed by atoms with Gasteiger partial charge in [-0.2, -0.15) is 0 Å². The van der Waals surface area contributed by atoms with E-state index < -0.39 is 5.97 Å². The van der Waals surface area contributed by atoms with Gasteiger partial charge in [0.2, 0.25) is 5.76 Å². The van der Waals surface area contributed by atoms with E-state index in [1.54, 1.807) is 12.3 Å². The number of carboxylic acid groups (broad SMARTS) is 1. The second-order valence-corrected chi connectivity index (χ2v) is 4.15. The molecule has 5 nitrogen and oxygen atoms in total. The van der Waals surface area contributed by atoms with Crippen molar-refractivity contribution in [2.75, 3.05) is 0 Å². The van der Waals surface area contributed by atoms with Crippen LogP contribution in [0.15, 0.2) is 39.6 Å². The summed E-state index contributed by atoms with van der Waals surface area (Å²) in [6.45, 7) is 2.48. The molecule has 2 N–H and O–H groups in total. The van der Waals surface area contributed by atoms with Crippen LogP contribution in [0, 0.1) is 0 Å². The van der Waals surface area contributed by atoms with Gasteiger partial charge >= 0.3 is 5.97 Å². The molecule has 0 aliphatic heterocycles. The summed E-state index contributed by atoms with van der Waals surface area (Å²) in [6.07, 6.45) is 3.78. The zero-order chi connectivity index (χ0) is 13.0. The van der Waals surface area contributed by atoms with Crippen LogP contribution >= 0.6 is 0 Å². The monoisotopic (exact) mass is 249 g/mol. The van der Waals surface area contributed by atoms with Gasteiger partial charge in [0.1, 0.15) is 5.76 Å². The van der Waals surface area contributed by atoms with Gasteiger partial charge in [0.05, 0.1) is 12.5 Å². The van der Waals surface area contributed by atoms with E-state index in [0.717, 1.165) is 12.2 Å². The van der Waals surface area contributed by atoms with Crippen LogP contribution in [0.1, 0.15) is 28.8 Å². The molecule has 0 aliphatic rings. The molecule has 96 valence electrons. The lowest BCUT2D eigenvalue weighted by Crippen LogP contribution is -2.27. The summed E-state index contributed by atoms with van der Waals surface area (Å²) < 4.78 is 10.2. The molecule has 0 aromatic carbocycles. The van der Waals surface area contributed by atoms with Crippen molar-refractivity contribution in [2.45, 2.75) is 25.9 Å². The van der Waals surface area contributed by atoms with Gasteiger partial charge in [0.15, 0.2) is 0 Å². The summed E-state index contributed by atoms with van der Waals surface area (Å²) in [6, 6.07) is 5.61. The van der Waals surface area contributed by atoms with E-state index in [9.17, 15) is 4.79 Å². The second kappa shape index (κ2) is 5.55. The predicted molar refractivity (Wildman–Crippen MR) is 64.4 cm³/mol. The number of rotatable bonds is 6. The summed E-state index contributed by atoms with van der Waals surface area (Å²) in [5, 5.41) is 12.1. The average molecular weight is 249 g/mol. The Balaban J connectivity index is 1.87. The third-order valence-corrected chi connectivity index (χ3v) is 2.67. The van der Waals surface area contributed by atoms with E-state index in [1.807, 2.05) is 19.1 Å². The van der Waals surface area contributed by atoms with E-state index in [-0.39, 0.29) is 11.8 Å². The maximum absolute atomic E-state index is 10.8. The molecule has 2 aromatic rings. The number of carbonyl (C=O) groups is 1. The Kier molecular flexibility index (Phi) is 3.84. The first-order chi connectivity index (χ1) is 8.66. The third-order valence-electron chi connectivity index (χ3n) is 2.67. The largest absolute Gasteiger partial charge is 0.475 e. The molecule has 0 saturated heterocycles. The molecule has 0 saturated carbocycles. The van der Waals surface area contributed by atoms with Crippen LogP contribution < -0.4 is 5.32 Å². The second-order valence-electron chi connectivity index (χ2n) is 4.15. The number of hydrogen-bond donors (Lipinski definition) is 2. The summed E-state index contributed by atoms with van der Waals surface area (Å²) in [5.41, 5.74) is 0.647. The quantitative estimate of drug-likeness (QED) is 0.821. The fraction of sp³-hybridized carbons (Fsp3) is 0.308. The normalized spacial score (nSPS) is 12.5. The fourth-order valence-corrected chi connectivity index (χ4v) is 1.75. The Morgan fingerprint density at radius 3 is 2.89 bits per heavy atom. The number of hydrogen-bond acceptors (Lipinski definition) is 4. The minimum absolute atomic E-state index is 0.00676. The maximum atomic E-state index is 10.8. The lowest BCUT2D eigenvalue weighted by atomic mass is 10.1. The van der Waals surface area contributed by atoms with Crippen molar-refractivity contribution in [3.63, 3.8) is 0 Å². The predicted octanol–water partition coefficient (Wildman–Crippen LogP) is 2.29. The molecule has 1 unspecified atom stereocenters. The summed E-state index contributed by atoms with van der Waals surface area (Å²) in [7, 11) is 0. The average Bonchev–Trinajstić information content (AvgIpc) is 2.96. The minimum atomic E-state index is -1.05. The maximum Gasteiger partial charge on any atom is 0.372 e. The van der Waals surface area contributed by atoms with Crippen LogP contribution in [0.25, 0.3) is 0 Å². The van der Waals surface area contributed by atoms with E-state index >= 15 is 0 Å². The molecule has 0 amide bonds. The fourth-order valence-electron chi connectivity index (χ4n) is 1.75. The Bertz CT molecular complexity index is 501.